The van der Waals surface area contributed by atoms with Crippen LogP contribution >= 0.6 is 0 Å². The van der Waals surface area contributed by atoms with Gasteiger partial charge in [0.1, 0.15) is 0 Å². The molecule has 1 unspecified atom stereocenters. The topological polar surface area (TPSA) is 35.6 Å². The first-order valence-corrected chi connectivity index (χ1v) is 6.95. The van der Waals surface area contributed by atoms with E-state index in [0.717, 1.165) is 19.6 Å². The van der Waals surface area contributed by atoms with Crippen LogP contribution in [0.25, 0.3) is 0 Å². The van der Waals surface area contributed by atoms with Gasteiger partial charge in [0.05, 0.1) is 6.54 Å². The summed E-state index contributed by atoms with van der Waals surface area (Å²) in [5.74, 6) is 0.290. The maximum atomic E-state index is 12.0. The summed E-state index contributed by atoms with van der Waals surface area (Å²) in [6.07, 6.45) is 6.09. The average Bonchev–Trinajstić information content (AvgIpc) is 2.37. The van der Waals surface area contributed by atoms with Gasteiger partial charge in [-0.15, -0.1) is 0 Å². The summed E-state index contributed by atoms with van der Waals surface area (Å²) in [5, 5.41) is 3.42. The van der Waals surface area contributed by atoms with Gasteiger partial charge in [-0.25, -0.2) is 0 Å². The molecule has 0 aromatic heterocycles. The standard InChI is InChI=1S/C13H25N3O/c1-15-7-5-6-12(11-15)14-10-13(17)16-8-3-2-4-9-16/h12,14H,2-11H2,1H3. The number of likely N-dealkylation sites (tertiary alicyclic amines) is 2. The molecule has 2 heterocycles. The Hall–Kier alpha value is -0.610. The average molecular weight is 239 g/mol. The molecule has 98 valence electrons. The lowest BCUT2D eigenvalue weighted by Gasteiger charge is -2.32. The first-order valence-electron chi connectivity index (χ1n) is 6.95. The molecule has 0 aromatic carbocycles. The van der Waals surface area contributed by atoms with Gasteiger partial charge in [0.25, 0.3) is 0 Å². The van der Waals surface area contributed by atoms with Crippen LogP contribution in [0.5, 0.6) is 0 Å². The van der Waals surface area contributed by atoms with E-state index in [-0.39, 0.29) is 5.91 Å². The highest BCUT2D eigenvalue weighted by molar-refractivity contribution is 5.78. The van der Waals surface area contributed by atoms with Gasteiger partial charge in [-0.1, -0.05) is 0 Å². The van der Waals surface area contributed by atoms with Crippen molar-refractivity contribution >= 4 is 5.91 Å². The molecule has 2 rings (SSSR count). The summed E-state index contributed by atoms with van der Waals surface area (Å²) in [4.78, 5) is 16.3. The van der Waals surface area contributed by atoms with Gasteiger partial charge >= 0.3 is 0 Å². The molecule has 17 heavy (non-hydrogen) atoms. The number of rotatable bonds is 3. The third-order valence-electron chi connectivity index (χ3n) is 3.88. The Morgan fingerprint density at radius 1 is 1.18 bits per heavy atom. The Kier molecular flexibility index (Phi) is 4.80. The van der Waals surface area contributed by atoms with Crippen LogP contribution in [-0.4, -0.2) is 61.5 Å². The first-order chi connectivity index (χ1) is 8.25. The van der Waals surface area contributed by atoms with Crippen LogP contribution in [0, 0.1) is 0 Å². The minimum absolute atomic E-state index is 0.290. The highest BCUT2D eigenvalue weighted by atomic mass is 16.2. The van der Waals surface area contributed by atoms with Crippen LogP contribution in [0.2, 0.25) is 0 Å². The van der Waals surface area contributed by atoms with E-state index >= 15 is 0 Å². The Morgan fingerprint density at radius 2 is 1.94 bits per heavy atom. The highest BCUT2D eigenvalue weighted by Crippen LogP contribution is 2.10. The second-order valence-corrected chi connectivity index (χ2v) is 5.42. The van der Waals surface area contributed by atoms with E-state index in [1.165, 1.54) is 38.6 Å². The van der Waals surface area contributed by atoms with Gasteiger partial charge in [-0.05, 0) is 45.7 Å². The van der Waals surface area contributed by atoms with Crippen LogP contribution in [0.3, 0.4) is 0 Å². The summed E-state index contributed by atoms with van der Waals surface area (Å²) < 4.78 is 0. The van der Waals surface area contributed by atoms with Crippen molar-refractivity contribution in [1.82, 2.24) is 15.1 Å². The number of carbonyl (C=O) groups is 1. The van der Waals surface area contributed by atoms with Crippen molar-refractivity contribution in [2.75, 3.05) is 39.8 Å². The quantitative estimate of drug-likeness (QED) is 0.787. The number of piperidine rings is 2. The van der Waals surface area contributed by atoms with E-state index in [1.807, 2.05) is 4.90 Å². The number of hydrogen-bond donors (Lipinski definition) is 1. The molecule has 2 aliphatic heterocycles. The SMILES string of the molecule is CN1CCCC(NCC(=O)N2CCCCC2)C1. The van der Waals surface area contributed by atoms with Crippen molar-refractivity contribution in [3.05, 3.63) is 0 Å². The molecule has 0 aromatic rings. The van der Waals surface area contributed by atoms with Crippen molar-refractivity contribution < 1.29 is 4.79 Å². The number of amides is 1. The second-order valence-electron chi connectivity index (χ2n) is 5.42. The molecule has 1 N–H and O–H groups in total. The van der Waals surface area contributed by atoms with Crippen LogP contribution in [0.15, 0.2) is 0 Å². The van der Waals surface area contributed by atoms with Gasteiger partial charge in [0.2, 0.25) is 5.91 Å². The molecule has 4 nitrogen and oxygen atoms in total. The van der Waals surface area contributed by atoms with Crippen LogP contribution < -0.4 is 5.32 Å². The molecular weight excluding hydrogens is 214 g/mol. The maximum absolute atomic E-state index is 12.0. The molecular formula is C13H25N3O. The summed E-state index contributed by atoms with van der Waals surface area (Å²) in [5.41, 5.74) is 0. The first kappa shape index (κ1) is 12.8. The molecule has 1 amide bonds. The molecule has 0 radical (unpaired) electrons. The van der Waals surface area contributed by atoms with Crippen molar-refractivity contribution in [2.45, 2.75) is 38.1 Å². The molecule has 1 atom stereocenters. The van der Waals surface area contributed by atoms with E-state index in [4.69, 9.17) is 0 Å². The van der Waals surface area contributed by atoms with Gasteiger partial charge < -0.3 is 15.1 Å². The monoisotopic (exact) mass is 239 g/mol. The fourth-order valence-corrected chi connectivity index (χ4v) is 2.82. The van der Waals surface area contributed by atoms with E-state index in [1.54, 1.807) is 0 Å². The molecule has 0 bridgehead atoms. The van der Waals surface area contributed by atoms with Crippen molar-refractivity contribution in [2.24, 2.45) is 0 Å². The fourth-order valence-electron chi connectivity index (χ4n) is 2.82. The second kappa shape index (κ2) is 6.36. The van der Waals surface area contributed by atoms with E-state index < -0.39 is 0 Å². The summed E-state index contributed by atoms with van der Waals surface area (Å²) in [6.45, 7) is 4.72. The lowest BCUT2D eigenvalue weighted by molar-refractivity contribution is -0.131. The van der Waals surface area contributed by atoms with E-state index in [0.29, 0.717) is 12.6 Å². The predicted octanol–water partition coefficient (Wildman–Crippen LogP) is 0.683. The number of nitrogens with zero attached hydrogens (tertiary/aromatic N) is 2. The molecule has 2 fully saturated rings. The highest BCUT2D eigenvalue weighted by Gasteiger charge is 2.20. The van der Waals surface area contributed by atoms with E-state index in [9.17, 15) is 4.79 Å². The molecule has 2 aliphatic rings. The van der Waals surface area contributed by atoms with Crippen molar-refractivity contribution in [1.29, 1.82) is 0 Å². The third-order valence-corrected chi connectivity index (χ3v) is 3.88. The third kappa shape index (κ3) is 3.96. The predicted molar refractivity (Wildman–Crippen MR) is 69.0 cm³/mol. The zero-order chi connectivity index (χ0) is 12.1. The van der Waals surface area contributed by atoms with Crippen LogP contribution in [0.4, 0.5) is 0 Å². The lowest BCUT2D eigenvalue weighted by atomic mass is 10.1. The minimum Gasteiger partial charge on any atom is -0.342 e. The molecule has 0 spiro atoms. The summed E-state index contributed by atoms with van der Waals surface area (Å²) >= 11 is 0. The normalized spacial score (nSPS) is 27.1. The maximum Gasteiger partial charge on any atom is 0.236 e. The smallest absolute Gasteiger partial charge is 0.236 e. The number of hydrogen-bond acceptors (Lipinski definition) is 3. The van der Waals surface area contributed by atoms with E-state index in [2.05, 4.69) is 17.3 Å². The lowest BCUT2D eigenvalue weighted by Crippen LogP contribution is -2.48. The number of likely N-dealkylation sites (N-methyl/N-ethyl adjacent to an activating group) is 1. The van der Waals surface area contributed by atoms with Crippen molar-refractivity contribution in [3.63, 3.8) is 0 Å². The summed E-state index contributed by atoms with van der Waals surface area (Å²) in [7, 11) is 2.15. The molecule has 2 saturated heterocycles. The largest absolute Gasteiger partial charge is 0.342 e. The zero-order valence-electron chi connectivity index (χ0n) is 11.0. The fraction of sp³-hybridized carbons (Fsp3) is 0.923. The van der Waals surface area contributed by atoms with Crippen LogP contribution in [0.1, 0.15) is 32.1 Å². The molecule has 0 aliphatic carbocycles. The van der Waals surface area contributed by atoms with Gasteiger partial charge in [0, 0.05) is 25.7 Å². The number of nitrogens with one attached hydrogen (secondary N) is 1. The Morgan fingerprint density at radius 3 is 2.65 bits per heavy atom. The Balaban J connectivity index is 1.68. The molecule has 4 heteroatoms. The van der Waals surface area contributed by atoms with Gasteiger partial charge in [0.15, 0.2) is 0 Å². The summed E-state index contributed by atoms with van der Waals surface area (Å²) in [6, 6.07) is 0.502. The van der Waals surface area contributed by atoms with Gasteiger partial charge in [-0.2, -0.15) is 0 Å². The number of carbonyl (C=O) groups excluding carboxylic acids is 1. The Bertz CT molecular complexity index is 251. The Labute approximate surface area is 104 Å². The van der Waals surface area contributed by atoms with Crippen LogP contribution in [-0.2, 0) is 4.79 Å². The zero-order valence-corrected chi connectivity index (χ0v) is 11.0. The molecule has 0 saturated carbocycles. The minimum atomic E-state index is 0.290. The van der Waals surface area contributed by atoms with Gasteiger partial charge in [-0.3, -0.25) is 4.79 Å². The van der Waals surface area contributed by atoms with Crippen molar-refractivity contribution in [3.8, 4) is 0 Å².